The topological polar surface area (TPSA) is 63.6 Å². The predicted molar refractivity (Wildman–Crippen MR) is 69.5 cm³/mol. The first kappa shape index (κ1) is 16.4. The van der Waals surface area contributed by atoms with Gasteiger partial charge in [0.05, 0.1) is 6.61 Å². The van der Waals surface area contributed by atoms with Crippen LogP contribution >= 0.6 is 7.37 Å². The van der Waals surface area contributed by atoms with Crippen LogP contribution in [0.25, 0.3) is 0 Å². The SMILES string of the molecule is C=CC(=O)OCCCCCP(=O)(O)CCCC. The molecule has 0 aromatic heterocycles. The first-order valence-electron chi connectivity index (χ1n) is 6.12. The van der Waals surface area contributed by atoms with E-state index in [1.165, 1.54) is 0 Å². The van der Waals surface area contributed by atoms with Crippen LogP contribution in [-0.4, -0.2) is 29.8 Å². The third-order valence-electron chi connectivity index (χ3n) is 2.42. The maximum atomic E-state index is 11.6. The van der Waals surface area contributed by atoms with Gasteiger partial charge in [0, 0.05) is 18.4 Å². The highest BCUT2D eigenvalue weighted by atomic mass is 31.2. The zero-order chi connectivity index (χ0) is 13.1. The van der Waals surface area contributed by atoms with Crippen LogP contribution in [0.1, 0.15) is 39.0 Å². The van der Waals surface area contributed by atoms with Gasteiger partial charge in [-0.05, 0) is 25.7 Å². The molecule has 100 valence electrons. The van der Waals surface area contributed by atoms with Crippen LogP contribution in [0.5, 0.6) is 0 Å². The second kappa shape index (κ2) is 9.43. The third-order valence-corrected chi connectivity index (χ3v) is 4.45. The molecular weight excluding hydrogens is 239 g/mol. The molecule has 1 atom stereocenters. The highest BCUT2D eigenvalue weighted by Crippen LogP contribution is 2.42. The molecule has 0 aliphatic rings. The van der Waals surface area contributed by atoms with Crippen LogP contribution in [0, 0.1) is 0 Å². The van der Waals surface area contributed by atoms with Gasteiger partial charge in [0.25, 0.3) is 0 Å². The average molecular weight is 262 g/mol. The van der Waals surface area contributed by atoms with Crippen LogP contribution in [0.15, 0.2) is 12.7 Å². The summed E-state index contributed by atoms with van der Waals surface area (Å²) in [6.45, 7) is 5.66. The Balaban J connectivity index is 3.47. The molecule has 17 heavy (non-hydrogen) atoms. The number of esters is 1. The summed E-state index contributed by atoms with van der Waals surface area (Å²) in [7, 11) is -2.91. The lowest BCUT2D eigenvalue weighted by Gasteiger charge is -2.10. The Morgan fingerprint density at radius 2 is 1.94 bits per heavy atom. The average Bonchev–Trinajstić information content (AvgIpc) is 2.30. The van der Waals surface area contributed by atoms with Gasteiger partial charge in [0.2, 0.25) is 7.37 Å². The summed E-state index contributed by atoms with van der Waals surface area (Å²) in [5.74, 6) is -0.416. The van der Waals surface area contributed by atoms with Crippen molar-refractivity contribution in [1.82, 2.24) is 0 Å². The minimum absolute atomic E-state index is 0.357. The van der Waals surface area contributed by atoms with Crippen molar-refractivity contribution in [2.75, 3.05) is 18.9 Å². The Bertz CT molecular complexity index is 276. The fourth-order valence-electron chi connectivity index (χ4n) is 1.39. The quantitative estimate of drug-likeness (QED) is 0.284. The van der Waals surface area contributed by atoms with E-state index in [1.54, 1.807) is 0 Å². The maximum absolute atomic E-state index is 11.6. The van der Waals surface area contributed by atoms with Crippen LogP contribution in [0.4, 0.5) is 0 Å². The zero-order valence-corrected chi connectivity index (χ0v) is 11.5. The molecule has 0 saturated heterocycles. The Morgan fingerprint density at radius 3 is 2.53 bits per heavy atom. The van der Waals surface area contributed by atoms with Crippen molar-refractivity contribution in [3.05, 3.63) is 12.7 Å². The molecule has 4 nitrogen and oxygen atoms in total. The molecule has 0 aliphatic heterocycles. The molecule has 1 unspecified atom stereocenters. The van der Waals surface area contributed by atoms with Gasteiger partial charge in [0.15, 0.2) is 0 Å². The summed E-state index contributed by atoms with van der Waals surface area (Å²) >= 11 is 0. The van der Waals surface area contributed by atoms with Crippen LogP contribution < -0.4 is 0 Å². The molecule has 0 aromatic rings. The fraction of sp³-hybridized carbons (Fsp3) is 0.750. The molecule has 0 heterocycles. The van der Waals surface area contributed by atoms with Gasteiger partial charge in [-0.1, -0.05) is 19.9 Å². The van der Waals surface area contributed by atoms with E-state index in [4.69, 9.17) is 4.74 Å². The van der Waals surface area contributed by atoms with Gasteiger partial charge in [-0.3, -0.25) is 4.57 Å². The number of hydrogen-bond acceptors (Lipinski definition) is 3. The van der Waals surface area contributed by atoms with Gasteiger partial charge >= 0.3 is 5.97 Å². The van der Waals surface area contributed by atoms with Crippen molar-refractivity contribution < 1.29 is 19.0 Å². The molecule has 0 amide bonds. The van der Waals surface area contributed by atoms with Crippen molar-refractivity contribution >= 4 is 13.3 Å². The van der Waals surface area contributed by atoms with Crippen LogP contribution in [-0.2, 0) is 14.1 Å². The molecule has 0 bridgehead atoms. The second-order valence-electron chi connectivity index (χ2n) is 4.08. The van der Waals surface area contributed by atoms with Gasteiger partial charge < -0.3 is 9.63 Å². The monoisotopic (exact) mass is 262 g/mol. The molecular formula is C12H23O4P. The summed E-state index contributed by atoms with van der Waals surface area (Å²) in [6, 6.07) is 0. The predicted octanol–water partition coefficient (Wildman–Crippen LogP) is 2.96. The zero-order valence-electron chi connectivity index (χ0n) is 10.6. The summed E-state index contributed by atoms with van der Waals surface area (Å²) in [5.41, 5.74) is 0. The van der Waals surface area contributed by atoms with E-state index in [0.717, 1.165) is 31.8 Å². The van der Waals surface area contributed by atoms with E-state index in [0.29, 0.717) is 25.4 Å². The summed E-state index contributed by atoms with van der Waals surface area (Å²) in [6.07, 6.45) is 5.94. The van der Waals surface area contributed by atoms with Crippen molar-refractivity contribution in [2.45, 2.75) is 39.0 Å². The summed E-state index contributed by atoms with van der Waals surface area (Å²) in [5, 5.41) is 0. The van der Waals surface area contributed by atoms with Gasteiger partial charge in [-0.15, -0.1) is 0 Å². The third kappa shape index (κ3) is 10.3. The minimum atomic E-state index is -2.91. The molecule has 5 heteroatoms. The number of unbranched alkanes of at least 4 members (excludes halogenated alkanes) is 3. The van der Waals surface area contributed by atoms with Crippen molar-refractivity contribution in [3.8, 4) is 0 Å². The van der Waals surface area contributed by atoms with E-state index >= 15 is 0 Å². The maximum Gasteiger partial charge on any atom is 0.330 e. The lowest BCUT2D eigenvalue weighted by molar-refractivity contribution is -0.137. The highest BCUT2D eigenvalue weighted by Gasteiger charge is 2.15. The standard InChI is InChI=1S/C12H23O4P/c1-3-5-10-17(14,15)11-8-6-7-9-16-12(13)4-2/h4H,2-3,5-11H2,1H3,(H,14,15). The molecule has 0 radical (unpaired) electrons. The van der Waals surface area contributed by atoms with E-state index in [9.17, 15) is 14.3 Å². The smallest absolute Gasteiger partial charge is 0.330 e. The van der Waals surface area contributed by atoms with E-state index in [-0.39, 0.29) is 0 Å². The fourth-order valence-corrected chi connectivity index (χ4v) is 3.14. The highest BCUT2D eigenvalue weighted by molar-refractivity contribution is 7.57. The van der Waals surface area contributed by atoms with Crippen molar-refractivity contribution in [1.29, 1.82) is 0 Å². The number of hydrogen-bond donors (Lipinski definition) is 1. The molecule has 0 aromatic carbocycles. The Morgan fingerprint density at radius 1 is 1.29 bits per heavy atom. The van der Waals surface area contributed by atoms with E-state index < -0.39 is 13.3 Å². The number of rotatable bonds is 10. The minimum Gasteiger partial charge on any atom is -0.463 e. The number of carbonyl (C=O) groups is 1. The Hall–Kier alpha value is -0.600. The second-order valence-corrected chi connectivity index (χ2v) is 6.67. The summed E-state index contributed by atoms with van der Waals surface area (Å²) < 4.78 is 16.4. The van der Waals surface area contributed by atoms with Crippen LogP contribution in [0.2, 0.25) is 0 Å². The number of ether oxygens (including phenoxy) is 1. The van der Waals surface area contributed by atoms with Crippen molar-refractivity contribution in [3.63, 3.8) is 0 Å². The van der Waals surface area contributed by atoms with E-state index in [2.05, 4.69) is 6.58 Å². The van der Waals surface area contributed by atoms with Crippen molar-refractivity contribution in [2.24, 2.45) is 0 Å². The molecule has 0 rings (SSSR count). The molecule has 0 spiro atoms. The van der Waals surface area contributed by atoms with Gasteiger partial charge in [-0.25, -0.2) is 4.79 Å². The summed E-state index contributed by atoms with van der Waals surface area (Å²) in [4.78, 5) is 20.3. The molecule has 1 N–H and O–H groups in total. The Kier molecular flexibility index (Phi) is 9.10. The van der Waals surface area contributed by atoms with Gasteiger partial charge in [-0.2, -0.15) is 0 Å². The van der Waals surface area contributed by atoms with Gasteiger partial charge in [0.1, 0.15) is 0 Å². The normalized spacial score (nSPS) is 14.0. The first-order chi connectivity index (χ1) is 8.02. The molecule has 0 saturated carbocycles. The Labute approximate surface area is 104 Å². The number of carbonyl (C=O) groups excluding carboxylic acids is 1. The molecule has 0 fully saturated rings. The van der Waals surface area contributed by atoms with Crippen LogP contribution in [0.3, 0.4) is 0 Å². The lowest BCUT2D eigenvalue weighted by atomic mass is 10.3. The first-order valence-corrected chi connectivity index (χ1v) is 8.15. The lowest BCUT2D eigenvalue weighted by Crippen LogP contribution is -2.02. The largest absolute Gasteiger partial charge is 0.463 e. The van der Waals surface area contributed by atoms with E-state index in [1.807, 2.05) is 6.92 Å². The molecule has 0 aliphatic carbocycles.